The van der Waals surface area contributed by atoms with Crippen LogP contribution in [-0.4, -0.2) is 21.4 Å². The summed E-state index contributed by atoms with van der Waals surface area (Å²) in [6, 6.07) is 8.42. The second-order valence-corrected chi connectivity index (χ2v) is 8.20. The molecule has 4 nitrogen and oxygen atoms in total. The highest BCUT2D eigenvalue weighted by Crippen LogP contribution is 2.48. The summed E-state index contributed by atoms with van der Waals surface area (Å²) in [6.07, 6.45) is 0. The molecule has 2 heterocycles. The van der Waals surface area contributed by atoms with E-state index in [4.69, 9.17) is 23.2 Å². The minimum atomic E-state index is -0.734. The lowest BCUT2D eigenvalue weighted by Crippen LogP contribution is -2.15. The van der Waals surface area contributed by atoms with E-state index in [2.05, 4.69) is 10.4 Å². The number of nitrogens with zero attached hydrogens (tertiary/aromatic N) is 2. The third-order valence-corrected chi connectivity index (χ3v) is 6.23. The number of fused-ring (bicyclic) bond motifs is 1. The molecule has 1 atom stereocenters. The average molecular weight is 440 g/mol. The summed E-state index contributed by atoms with van der Waals surface area (Å²) >= 11 is 13.8. The van der Waals surface area contributed by atoms with Crippen molar-refractivity contribution < 1.29 is 13.6 Å². The highest BCUT2D eigenvalue weighted by atomic mass is 35.5. The first-order chi connectivity index (χ1) is 13.3. The Kier molecular flexibility index (Phi) is 5.07. The van der Waals surface area contributed by atoms with Crippen LogP contribution in [-0.2, 0) is 11.8 Å². The van der Waals surface area contributed by atoms with Gasteiger partial charge >= 0.3 is 0 Å². The first kappa shape index (κ1) is 19.2. The van der Waals surface area contributed by atoms with Crippen molar-refractivity contribution in [2.75, 3.05) is 11.1 Å². The number of nitrogens with one attached hydrogen (secondary N) is 1. The molecule has 0 fully saturated rings. The maximum Gasteiger partial charge on any atom is 0.235 e. The fraction of sp³-hybridized carbons (Fsp3) is 0.158. The first-order valence-electron chi connectivity index (χ1n) is 8.24. The molecule has 2 aromatic carbocycles. The zero-order valence-electron chi connectivity index (χ0n) is 14.5. The summed E-state index contributed by atoms with van der Waals surface area (Å²) < 4.78 is 29.4. The lowest BCUT2D eigenvalue weighted by molar-refractivity contribution is -0.113. The second kappa shape index (κ2) is 7.39. The van der Waals surface area contributed by atoms with Crippen molar-refractivity contribution in [1.82, 2.24) is 9.78 Å². The minimum Gasteiger partial charge on any atom is -0.310 e. The number of carbonyl (C=O) groups is 1. The number of carbonyl (C=O) groups excluding carboxylic acids is 1. The summed E-state index contributed by atoms with van der Waals surface area (Å²) in [4.78, 5) is 12.2. The van der Waals surface area contributed by atoms with Crippen molar-refractivity contribution in [3.8, 4) is 11.3 Å². The second-order valence-electron chi connectivity index (χ2n) is 6.26. The molecule has 1 amide bonds. The molecule has 9 heteroatoms. The van der Waals surface area contributed by atoms with Crippen LogP contribution in [0.4, 0.5) is 14.6 Å². The van der Waals surface area contributed by atoms with E-state index in [-0.39, 0.29) is 17.2 Å². The molecule has 0 radical (unpaired) electrons. The predicted molar refractivity (Wildman–Crippen MR) is 108 cm³/mol. The molecule has 1 aliphatic rings. The van der Waals surface area contributed by atoms with Gasteiger partial charge in [-0.2, -0.15) is 5.10 Å². The highest BCUT2D eigenvalue weighted by molar-refractivity contribution is 8.00. The van der Waals surface area contributed by atoms with Gasteiger partial charge in [0, 0.05) is 34.3 Å². The first-order valence-corrected chi connectivity index (χ1v) is 10.0. The number of benzene rings is 2. The van der Waals surface area contributed by atoms with E-state index >= 15 is 0 Å². The molecule has 0 aliphatic carbocycles. The molecule has 144 valence electrons. The number of hydrogen-bond donors (Lipinski definition) is 1. The molecule has 0 saturated carbocycles. The molecule has 1 unspecified atom stereocenters. The van der Waals surface area contributed by atoms with Crippen LogP contribution in [0.1, 0.15) is 16.4 Å². The third-order valence-electron chi connectivity index (χ3n) is 4.42. The molecular weight excluding hydrogens is 427 g/mol. The lowest BCUT2D eigenvalue weighted by atomic mass is 9.99. The Morgan fingerprint density at radius 1 is 1.21 bits per heavy atom. The fourth-order valence-electron chi connectivity index (χ4n) is 3.19. The molecule has 28 heavy (non-hydrogen) atoms. The summed E-state index contributed by atoms with van der Waals surface area (Å²) in [7, 11) is 1.65. The van der Waals surface area contributed by atoms with E-state index in [1.807, 2.05) is 0 Å². The molecular formula is C19H13Cl2F2N3OS. The Balaban J connectivity index is 1.97. The van der Waals surface area contributed by atoms with Crippen LogP contribution in [0.15, 0.2) is 36.4 Å². The predicted octanol–water partition coefficient (Wildman–Crippen LogP) is 5.45. The van der Waals surface area contributed by atoms with Crippen LogP contribution in [0.3, 0.4) is 0 Å². The SMILES string of the molecule is Cn1nc(-c2ccc(F)cc2F)c2c1NC(=O)CSC2c1ccc(Cl)cc1Cl. The van der Waals surface area contributed by atoms with E-state index < -0.39 is 16.9 Å². The Morgan fingerprint density at radius 2 is 2.00 bits per heavy atom. The summed E-state index contributed by atoms with van der Waals surface area (Å²) in [5, 5.41) is 7.74. The fourth-order valence-corrected chi connectivity index (χ4v) is 4.93. The maximum atomic E-state index is 14.5. The topological polar surface area (TPSA) is 46.9 Å². The zero-order valence-corrected chi connectivity index (χ0v) is 16.8. The van der Waals surface area contributed by atoms with E-state index in [1.165, 1.54) is 28.6 Å². The van der Waals surface area contributed by atoms with Gasteiger partial charge in [0.15, 0.2) is 0 Å². The number of thioether (sulfide) groups is 1. The van der Waals surface area contributed by atoms with Crippen molar-refractivity contribution in [2.45, 2.75) is 5.25 Å². The number of aromatic nitrogens is 2. The van der Waals surface area contributed by atoms with Crippen LogP contribution < -0.4 is 5.32 Å². The zero-order chi connectivity index (χ0) is 20.0. The van der Waals surface area contributed by atoms with Gasteiger partial charge in [0.1, 0.15) is 23.1 Å². The van der Waals surface area contributed by atoms with Gasteiger partial charge in [0.2, 0.25) is 5.91 Å². The summed E-state index contributed by atoms with van der Waals surface area (Å²) in [6.45, 7) is 0. The van der Waals surface area contributed by atoms with Crippen LogP contribution in [0.2, 0.25) is 10.0 Å². The maximum absolute atomic E-state index is 14.5. The Morgan fingerprint density at radius 3 is 2.71 bits per heavy atom. The van der Waals surface area contributed by atoms with E-state index in [0.717, 1.165) is 11.6 Å². The van der Waals surface area contributed by atoms with E-state index in [9.17, 15) is 13.6 Å². The quantitative estimate of drug-likeness (QED) is 0.577. The van der Waals surface area contributed by atoms with Crippen molar-refractivity contribution in [2.24, 2.45) is 7.05 Å². The van der Waals surface area contributed by atoms with Gasteiger partial charge in [-0.1, -0.05) is 29.3 Å². The third kappa shape index (κ3) is 3.38. The van der Waals surface area contributed by atoms with Gasteiger partial charge in [-0.05, 0) is 29.8 Å². The number of anilines is 1. The monoisotopic (exact) mass is 439 g/mol. The minimum absolute atomic E-state index is 0.144. The van der Waals surface area contributed by atoms with Gasteiger partial charge in [-0.25, -0.2) is 8.78 Å². The van der Waals surface area contributed by atoms with Crippen LogP contribution in [0, 0.1) is 11.6 Å². The van der Waals surface area contributed by atoms with E-state index in [0.29, 0.717) is 27.1 Å². The van der Waals surface area contributed by atoms with Gasteiger partial charge in [0.05, 0.1) is 11.0 Å². The number of aryl methyl sites for hydroxylation is 1. The van der Waals surface area contributed by atoms with Gasteiger partial charge in [-0.3, -0.25) is 9.48 Å². The number of rotatable bonds is 2. The summed E-state index contributed by atoms with van der Waals surface area (Å²) in [5.74, 6) is -0.979. The van der Waals surface area contributed by atoms with Gasteiger partial charge < -0.3 is 5.32 Å². The van der Waals surface area contributed by atoms with Crippen molar-refractivity contribution >= 4 is 46.7 Å². The molecule has 0 saturated heterocycles. The molecule has 0 spiro atoms. The van der Waals surface area contributed by atoms with Gasteiger partial charge in [-0.15, -0.1) is 11.8 Å². The average Bonchev–Trinajstić information content (AvgIpc) is 2.82. The van der Waals surface area contributed by atoms with Crippen LogP contribution in [0.5, 0.6) is 0 Å². The normalized spacial score (nSPS) is 16.5. The summed E-state index contributed by atoms with van der Waals surface area (Å²) in [5.41, 5.74) is 1.80. The number of amides is 1. The molecule has 0 bridgehead atoms. The van der Waals surface area contributed by atoms with Gasteiger partial charge in [0.25, 0.3) is 0 Å². The van der Waals surface area contributed by atoms with Crippen LogP contribution in [0.25, 0.3) is 11.3 Å². The Hall–Kier alpha value is -2.09. The Labute approximate surface area is 173 Å². The molecule has 3 aromatic rings. The van der Waals surface area contributed by atoms with E-state index in [1.54, 1.807) is 25.2 Å². The smallest absolute Gasteiger partial charge is 0.235 e. The number of hydrogen-bond acceptors (Lipinski definition) is 3. The molecule has 4 rings (SSSR count). The Bertz CT molecular complexity index is 1100. The van der Waals surface area contributed by atoms with Crippen molar-refractivity contribution in [1.29, 1.82) is 0 Å². The molecule has 1 aromatic heterocycles. The van der Waals surface area contributed by atoms with Crippen molar-refractivity contribution in [3.05, 3.63) is 69.2 Å². The molecule has 1 N–H and O–H groups in total. The number of halogens is 4. The lowest BCUT2D eigenvalue weighted by Gasteiger charge is -2.18. The highest BCUT2D eigenvalue weighted by Gasteiger charge is 2.33. The van der Waals surface area contributed by atoms with Crippen molar-refractivity contribution in [3.63, 3.8) is 0 Å². The largest absolute Gasteiger partial charge is 0.310 e. The molecule has 1 aliphatic heterocycles. The van der Waals surface area contributed by atoms with Crippen LogP contribution >= 0.6 is 35.0 Å². The standard InChI is InChI=1S/C19H13Cl2F2N3OS/c1-26-19-16(17(25-26)12-5-3-10(22)7-14(12)23)18(28-8-15(27)24-19)11-4-2-9(20)6-13(11)21/h2-7,18H,8H2,1H3,(H,24,27).